The molecule has 98 valence electrons. The predicted molar refractivity (Wildman–Crippen MR) is 86.2 cm³/mol. The Kier molecular flexibility index (Phi) is 5.02. The minimum atomic E-state index is -0.180. The first kappa shape index (κ1) is 14.6. The van der Waals surface area contributed by atoms with Gasteiger partial charge in [0.25, 0.3) is 5.91 Å². The van der Waals surface area contributed by atoms with Gasteiger partial charge in [-0.05, 0) is 51.8 Å². The second-order valence-electron chi connectivity index (χ2n) is 3.91. The monoisotopic (exact) mass is 401 g/mol. The van der Waals surface area contributed by atoms with E-state index >= 15 is 0 Å². The van der Waals surface area contributed by atoms with Crippen LogP contribution < -0.4 is 5.32 Å². The number of nitrogens with one attached hydrogen (secondary N) is 1. The number of rotatable bonds is 3. The lowest BCUT2D eigenvalue weighted by Gasteiger charge is -2.06. The second-order valence-corrected chi connectivity index (χ2v) is 5.74. The molecule has 2 aromatic rings. The Balaban J connectivity index is 2.13. The summed E-state index contributed by atoms with van der Waals surface area (Å²) in [6, 6.07) is 12.8. The molecule has 19 heavy (non-hydrogen) atoms. The van der Waals surface area contributed by atoms with Gasteiger partial charge in [-0.15, -0.1) is 0 Å². The number of halogens is 3. The lowest BCUT2D eigenvalue weighted by molar-refractivity contribution is 0.102. The fourth-order valence-electron chi connectivity index (χ4n) is 1.52. The molecule has 1 N–H and O–H groups in total. The highest BCUT2D eigenvalue weighted by atomic mass is 79.9. The molecule has 2 rings (SSSR count). The highest BCUT2D eigenvalue weighted by molar-refractivity contribution is 9.10. The maximum absolute atomic E-state index is 12.0. The van der Waals surface area contributed by atoms with Gasteiger partial charge in [0.15, 0.2) is 0 Å². The third-order valence-corrected chi connectivity index (χ3v) is 4.43. The Morgan fingerprint density at radius 1 is 1.16 bits per heavy atom. The quantitative estimate of drug-likeness (QED) is 0.697. The van der Waals surface area contributed by atoms with Gasteiger partial charge in [0.1, 0.15) is 0 Å². The summed E-state index contributed by atoms with van der Waals surface area (Å²) >= 11 is 12.6. The SMILES string of the molecule is O=C(Nc1ccc(CBr)cc1)c1ccc(Br)c(Cl)c1. The summed E-state index contributed by atoms with van der Waals surface area (Å²) in [5.41, 5.74) is 2.44. The van der Waals surface area contributed by atoms with Crippen molar-refractivity contribution in [2.24, 2.45) is 0 Å². The van der Waals surface area contributed by atoms with E-state index in [0.29, 0.717) is 10.6 Å². The van der Waals surface area contributed by atoms with E-state index in [4.69, 9.17) is 11.6 Å². The first-order chi connectivity index (χ1) is 9.10. The van der Waals surface area contributed by atoms with Gasteiger partial charge in [0.2, 0.25) is 0 Å². The van der Waals surface area contributed by atoms with Crippen LogP contribution in [0.3, 0.4) is 0 Å². The number of carbonyl (C=O) groups is 1. The van der Waals surface area contributed by atoms with Crippen molar-refractivity contribution in [2.45, 2.75) is 5.33 Å². The smallest absolute Gasteiger partial charge is 0.255 e. The van der Waals surface area contributed by atoms with Gasteiger partial charge in [0.05, 0.1) is 5.02 Å². The van der Waals surface area contributed by atoms with Crippen molar-refractivity contribution < 1.29 is 4.79 Å². The van der Waals surface area contributed by atoms with Gasteiger partial charge in [0, 0.05) is 21.1 Å². The standard InChI is InChI=1S/C14H10Br2ClNO/c15-8-9-1-4-11(5-2-9)18-14(19)10-3-6-12(16)13(17)7-10/h1-7H,8H2,(H,18,19). The van der Waals surface area contributed by atoms with Crippen molar-refractivity contribution in [3.63, 3.8) is 0 Å². The summed E-state index contributed by atoms with van der Waals surface area (Å²) < 4.78 is 0.771. The lowest BCUT2D eigenvalue weighted by atomic mass is 10.2. The molecule has 0 saturated carbocycles. The second kappa shape index (κ2) is 6.55. The molecule has 5 heteroatoms. The number of hydrogen-bond donors (Lipinski definition) is 1. The van der Waals surface area contributed by atoms with Gasteiger partial charge in [-0.1, -0.05) is 39.7 Å². The molecule has 0 unspecified atom stereocenters. The van der Waals surface area contributed by atoms with E-state index in [2.05, 4.69) is 37.2 Å². The minimum absolute atomic E-state index is 0.180. The number of hydrogen-bond acceptors (Lipinski definition) is 1. The normalized spacial score (nSPS) is 10.3. The first-order valence-electron chi connectivity index (χ1n) is 5.51. The van der Waals surface area contributed by atoms with Crippen molar-refractivity contribution in [2.75, 3.05) is 5.32 Å². The van der Waals surface area contributed by atoms with Gasteiger partial charge in [-0.25, -0.2) is 0 Å². The fourth-order valence-corrected chi connectivity index (χ4v) is 2.32. The molecule has 0 aliphatic carbocycles. The van der Waals surface area contributed by atoms with Crippen LogP contribution in [0.5, 0.6) is 0 Å². The fraction of sp³-hybridized carbons (Fsp3) is 0.0714. The minimum Gasteiger partial charge on any atom is -0.322 e. The molecule has 1 amide bonds. The number of anilines is 1. The van der Waals surface area contributed by atoms with Crippen LogP contribution in [0.4, 0.5) is 5.69 Å². The van der Waals surface area contributed by atoms with Crippen molar-refractivity contribution >= 4 is 55.1 Å². The first-order valence-corrected chi connectivity index (χ1v) is 7.80. The molecular formula is C14H10Br2ClNO. The molecule has 0 aromatic heterocycles. The Morgan fingerprint density at radius 2 is 1.84 bits per heavy atom. The summed E-state index contributed by atoms with van der Waals surface area (Å²) in [6.07, 6.45) is 0. The maximum atomic E-state index is 12.0. The van der Waals surface area contributed by atoms with Gasteiger partial charge < -0.3 is 5.32 Å². The molecular weight excluding hydrogens is 393 g/mol. The summed E-state index contributed by atoms with van der Waals surface area (Å²) in [5, 5.41) is 4.14. The van der Waals surface area contributed by atoms with Crippen LogP contribution in [0.2, 0.25) is 5.02 Å². The van der Waals surface area contributed by atoms with Crippen LogP contribution in [-0.2, 0) is 5.33 Å². The summed E-state index contributed by atoms with van der Waals surface area (Å²) in [4.78, 5) is 12.0. The third kappa shape index (κ3) is 3.81. The van der Waals surface area contributed by atoms with Gasteiger partial charge >= 0.3 is 0 Å². The van der Waals surface area contributed by atoms with E-state index in [9.17, 15) is 4.79 Å². The van der Waals surface area contributed by atoms with E-state index < -0.39 is 0 Å². The zero-order valence-corrected chi connectivity index (χ0v) is 13.7. The summed E-state index contributed by atoms with van der Waals surface area (Å²) in [6.45, 7) is 0. The van der Waals surface area contributed by atoms with E-state index in [0.717, 1.165) is 21.1 Å². The Hall–Kier alpha value is -0.840. The maximum Gasteiger partial charge on any atom is 0.255 e. The third-order valence-electron chi connectivity index (χ3n) is 2.55. The van der Waals surface area contributed by atoms with Crippen LogP contribution in [0.1, 0.15) is 15.9 Å². The number of alkyl halides is 1. The zero-order chi connectivity index (χ0) is 13.8. The highest BCUT2D eigenvalue weighted by Crippen LogP contribution is 2.23. The predicted octanol–water partition coefficient (Wildman–Crippen LogP) is 5.25. The number of amides is 1. The molecule has 0 aliphatic heterocycles. The van der Waals surface area contributed by atoms with E-state index in [1.54, 1.807) is 18.2 Å². The molecule has 0 radical (unpaired) electrons. The lowest BCUT2D eigenvalue weighted by Crippen LogP contribution is -2.11. The Labute approximate surface area is 133 Å². The van der Waals surface area contributed by atoms with Crippen molar-refractivity contribution in [3.05, 3.63) is 63.1 Å². The van der Waals surface area contributed by atoms with Crippen LogP contribution in [0, 0.1) is 0 Å². The Bertz CT molecular complexity index is 599. The molecule has 0 atom stereocenters. The number of benzene rings is 2. The Morgan fingerprint density at radius 3 is 2.42 bits per heavy atom. The number of carbonyl (C=O) groups excluding carboxylic acids is 1. The van der Waals surface area contributed by atoms with E-state index in [-0.39, 0.29) is 5.91 Å². The largest absolute Gasteiger partial charge is 0.322 e. The highest BCUT2D eigenvalue weighted by Gasteiger charge is 2.08. The molecule has 2 aromatic carbocycles. The van der Waals surface area contributed by atoms with Gasteiger partial charge in [-0.2, -0.15) is 0 Å². The molecule has 0 heterocycles. The zero-order valence-electron chi connectivity index (χ0n) is 9.79. The molecule has 0 saturated heterocycles. The molecule has 0 fully saturated rings. The van der Waals surface area contributed by atoms with Crippen LogP contribution in [-0.4, -0.2) is 5.91 Å². The molecule has 0 bridgehead atoms. The topological polar surface area (TPSA) is 29.1 Å². The van der Waals surface area contributed by atoms with Gasteiger partial charge in [-0.3, -0.25) is 4.79 Å². The van der Waals surface area contributed by atoms with E-state index in [1.807, 2.05) is 24.3 Å². The molecule has 2 nitrogen and oxygen atoms in total. The van der Waals surface area contributed by atoms with Crippen molar-refractivity contribution in [3.8, 4) is 0 Å². The summed E-state index contributed by atoms with van der Waals surface area (Å²) in [5.74, 6) is -0.180. The van der Waals surface area contributed by atoms with E-state index in [1.165, 1.54) is 0 Å². The van der Waals surface area contributed by atoms with Crippen molar-refractivity contribution in [1.29, 1.82) is 0 Å². The average molecular weight is 404 g/mol. The van der Waals surface area contributed by atoms with Crippen molar-refractivity contribution in [1.82, 2.24) is 0 Å². The average Bonchev–Trinajstić information content (AvgIpc) is 2.42. The molecule has 0 spiro atoms. The van der Waals surface area contributed by atoms with Crippen LogP contribution in [0.25, 0.3) is 0 Å². The van der Waals surface area contributed by atoms with Crippen LogP contribution in [0.15, 0.2) is 46.9 Å². The molecule has 0 aliphatic rings. The summed E-state index contributed by atoms with van der Waals surface area (Å²) in [7, 11) is 0. The van der Waals surface area contributed by atoms with Crippen LogP contribution >= 0.6 is 43.5 Å².